The maximum Gasteiger partial charge on any atom is 0.224 e. The number of benzene rings is 1. The first-order valence-electron chi connectivity index (χ1n) is 6.11. The SMILES string of the molecule is CCNc1nnc(-c2cccc(C)c2I)n1CC. The van der Waals surface area contributed by atoms with Crippen molar-refractivity contribution >= 4 is 28.5 Å². The molecule has 0 fully saturated rings. The van der Waals surface area contributed by atoms with Crippen LogP contribution in [0.25, 0.3) is 11.4 Å². The second-order valence-electron chi connectivity index (χ2n) is 4.06. The van der Waals surface area contributed by atoms with Crippen molar-refractivity contribution in [1.29, 1.82) is 0 Å². The van der Waals surface area contributed by atoms with Crippen LogP contribution in [0.15, 0.2) is 18.2 Å². The molecule has 2 rings (SSSR count). The maximum atomic E-state index is 4.32. The molecular weight excluding hydrogens is 339 g/mol. The van der Waals surface area contributed by atoms with Gasteiger partial charge >= 0.3 is 0 Å². The molecule has 1 aromatic carbocycles. The summed E-state index contributed by atoms with van der Waals surface area (Å²) >= 11 is 2.37. The van der Waals surface area contributed by atoms with Crippen molar-refractivity contribution in [1.82, 2.24) is 14.8 Å². The Morgan fingerprint density at radius 1 is 1.28 bits per heavy atom. The number of nitrogens with one attached hydrogen (secondary N) is 1. The number of aromatic nitrogens is 3. The fraction of sp³-hybridized carbons (Fsp3) is 0.385. The van der Waals surface area contributed by atoms with E-state index in [9.17, 15) is 0 Å². The normalized spacial score (nSPS) is 10.7. The number of nitrogens with zero attached hydrogens (tertiary/aromatic N) is 3. The minimum absolute atomic E-state index is 0.840. The lowest BCUT2D eigenvalue weighted by Gasteiger charge is -2.10. The monoisotopic (exact) mass is 356 g/mol. The number of rotatable bonds is 4. The molecule has 0 aliphatic carbocycles. The average Bonchev–Trinajstić information content (AvgIpc) is 2.76. The van der Waals surface area contributed by atoms with E-state index in [1.54, 1.807) is 0 Å². The molecule has 0 atom stereocenters. The highest BCUT2D eigenvalue weighted by atomic mass is 127. The Labute approximate surface area is 121 Å². The van der Waals surface area contributed by atoms with Gasteiger partial charge in [0.05, 0.1) is 0 Å². The van der Waals surface area contributed by atoms with Gasteiger partial charge in [0, 0.05) is 22.2 Å². The molecule has 1 aromatic heterocycles. The van der Waals surface area contributed by atoms with E-state index in [0.29, 0.717) is 0 Å². The molecule has 1 heterocycles. The Balaban J connectivity index is 2.53. The predicted molar refractivity (Wildman–Crippen MR) is 82.7 cm³/mol. The Bertz CT molecular complexity index is 548. The largest absolute Gasteiger partial charge is 0.355 e. The zero-order valence-electron chi connectivity index (χ0n) is 10.9. The molecule has 2 aromatic rings. The van der Waals surface area contributed by atoms with Crippen molar-refractivity contribution in [2.75, 3.05) is 11.9 Å². The summed E-state index contributed by atoms with van der Waals surface area (Å²) in [7, 11) is 0. The first kappa shape index (κ1) is 13.3. The summed E-state index contributed by atoms with van der Waals surface area (Å²) in [4.78, 5) is 0. The van der Waals surface area contributed by atoms with Crippen LogP contribution in [-0.2, 0) is 6.54 Å². The standard InChI is InChI=1S/C13H17IN4/c1-4-15-13-17-16-12(18(13)5-2)10-8-6-7-9(3)11(10)14/h6-8H,4-5H2,1-3H3,(H,15,17). The summed E-state index contributed by atoms with van der Waals surface area (Å²) in [5.74, 6) is 1.77. The third-order valence-corrected chi connectivity index (χ3v) is 4.27. The van der Waals surface area contributed by atoms with Gasteiger partial charge in [-0.15, -0.1) is 10.2 Å². The summed E-state index contributed by atoms with van der Waals surface area (Å²) in [6, 6.07) is 6.28. The van der Waals surface area contributed by atoms with E-state index in [1.165, 1.54) is 9.13 Å². The minimum Gasteiger partial charge on any atom is -0.355 e. The van der Waals surface area contributed by atoms with Crippen molar-refractivity contribution < 1.29 is 0 Å². The van der Waals surface area contributed by atoms with Crippen molar-refractivity contribution in [3.63, 3.8) is 0 Å². The van der Waals surface area contributed by atoms with Crippen LogP contribution < -0.4 is 5.32 Å². The minimum atomic E-state index is 0.840. The lowest BCUT2D eigenvalue weighted by Crippen LogP contribution is -2.07. The van der Waals surface area contributed by atoms with Crippen molar-refractivity contribution in [3.05, 3.63) is 27.3 Å². The molecule has 0 radical (unpaired) electrons. The van der Waals surface area contributed by atoms with Gasteiger partial charge in [-0.05, 0) is 48.9 Å². The van der Waals surface area contributed by atoms with Gasteiger partial charge in [-0.1, -0.05) is 18.2 Å². The van der Waals surface area contributed by atoms with Gasteiger partial charge in [-0.3, -0.25) is 4.57 Å². The molecule has 0 bridgehead atoms. The van der Waals surface area contributed by atoms with Crippen LogP contribution in [-0.4, -0.2) is 21.3 Å². The van der Waals surface area contributed by atoms with Crippen LogP contribution in [0.5, 0.6) is 0 Å². The molecule has 1 N–H and O–H groups in total. The summed E-state index contributed by atoms with van der Waals surface area (Å²) in [6.07, 6.45) is 0. The van der Waals surface area contributed by atoms with Crippen LogP contribution in [0.3, 0.4) is 0 Å². The van der Waals surface area contributed by atoms with Crippen LogP contribution in [0.4, 0.5) is 5.95 Å². The van der Waals surface area contributed by atoms with Crippen molar-refractivity contribution in [2.24, 2.45) is 0 Å². The quantitative estimate of drug-likeness (QED) is 0.855. The fourth-order valence-corrected chi connectivity index (χ4v) is 2.51. The second-order valence-corrected chi connectivity index (χ2v) is 5.14. The van der Waals surface area contributed by atoms with E-state index in [2.05, 4.69) is 81.6 Å². The number of hydrogen-bond acceptors (Lipinski definition) is 3. The summed E-state index contributed by atoms with van der Waals surface area (Å²) in [6.45, 7) is 7.99. The third-order valence-electron chi connectivity index (χ3n) is 2.83. The van der Waals surface area contributed by atoms with Gasteiger partial charge < -0.3 is 5.32 Å². The Morgan fingerprint density at radius 2 is 2.06 bits per heavy atom. The Morgan fingerprint density at radius 3 is 2.72 bits per heavy atom. The zero-order chi connectivity index (χ0) is 13.1. The van der Waals surface area contributed by atoms with E-state index in [-0.39, 0.29) is 0 Å². The highest BCUT2D eigenvalue weighted by molar-refractivity contribution is 14.1. The van der Waals surface area contributed by atoms with Gasteiger partial charge in [-0.25, -0.2) is 0 Å². The van der Waals surface area contributed by atoms with Gasteiger partial charge in [0.1, 0.15) is 0 Å². The smallest absolute Gasteiger partial charge is 0.224 e. The van der Waals surface area contributed by atoms with Crippen LogP contribution in [0.1, 0.15) is 19.4 Å². The zero-order valence-corrected chi connectivity index (χ0v) is 13.0. The lowest BCUT2D eigenvalue weighted by molar-refractivity contribution is 0.770. The van der Waals surface area contributed by atoms with Gasteiger partial charge in [-0.2, -0.15) is 0 Å². The molecule has 0 saturated carbocycles. The fourth-order valence-electron chi connectivity index (χ4n) is 1.91. The Kier molecular flexibility index (Phi) is 4.21. The molecule has 5 heteroatoms. The van der Waals surface area contributed by atoms with Gasteiger partial charge in [0.2, 0.25) is 5.95 Å². The number of halogens is 1. The first-order valence-corrected chi connectivity index (χ1v) is 7.19. The van der Waals surface area contributed by atoms with Gasteiger partial charge in [0.15, 0.2) is 5.82 Å². The average molecular weight is 356 g/mol. The molecule has 0 unspecified atom stereocenters. The summed E-state index contributed by atoms with van der Waals surface area (Å²) < 4.78 is 3.35. The summed E-state index contributed by atoms with van der Waals surface area (Å²) in [5, 5.41) is 11.8. The topological polar surface area (TPSA) is 42.7 Å². The molecule has 0 amide bonds. The second kappa shape index (κ2) is 5.69. The molecule has 0 aliphatic heterocycles. The molecular formula is C13H17IN4. The number of anilines is 1. The van der Waals surface area contributed by atoms with Gasteiger partial charge in [0.25, 0.3) is 0 Å². The Hall–Kier alpha value is -1.11. The third kappa shape index (κ3) is 2.36. The maximum absolute atomic E-state index is 4.32. The highest BCUT2D eigenvalue weighted by Crippen LogP contribution is 2.27. The molecule has 18 heavy (non-hydrogen) atoms. The highest BCUT2D eigenvalue weighted by Gasteiger charge is 2.14. The molecule has 96 valence electrons. The van der Waals surface area contributed by atoms with Crippen LogP contribution in [0, 0.1) is 10.5 Å². The van der Waals surface area contributed by atoms with E-state index in [4.69, 9.17) is 0 Å². The van der Waals surface area contributed by atoms with Crippen LogP contribution in [0.2, 0.25) is 0 Å². The molecule has 4 nitrogen and oxygen atoms in total. The number of aryl methyl sites for hydroxylation is 1. The lowest BCUT2D eigenvalue weighted by atomic mass is 10.1. The molecule has 0 spiro atoms. The van der Waals surface area contributed by atoms with Crippen molar-refractivity contribution in [3.8, 4) is 11.4 Å². The van der Waals surface area contributed by atoms with E-state index >= 15 is 0 Å². The van der Waals surface area contributed by atoms with E-state index < -0.39 is 0 Å². The number of hydrogen-bond donors (Lipinski definition) is 1. The summed E-state index contributed by atoms with van der Waals surface area (Å²) in [5.41, 5.74) is 2.41. The van der Waals surface area contributed by atoms with E-state index in [1.807, 2.05) is 0 Å². The van der Waals surface area contributed by atoms with E-state index in [0.717, 1.165) is 30.4 Å². The predicted octanol–water partition coefficient (Wildman–Crippen LogP) is 3.31. The molecule has 0 saturated heterocycles. The van der Waals surface area contributed by atoms with Crippen molar-refractivity contribution in [2.45, 2.75) is 27.3 Å². The molecule has 0 aliphatic rings. The first-order chi connectivity index (χ1) is 8.69. The van der Waals surface area contributed by atoms with Crippen LogP contribution >= 0.6 is 22.6 Å².